The van der Waals surface area contributed by atoms with Gasteiger partial charge in [-0.15, -0.1) is 11.3 Å². The molecule has 0 aliphatic heterocycles. The minimum absolute atomic E-state index is 0.245. The zero-order chi connectivity index (χ0) is 19.4. The van der Waals surface area contributed by atoms with E-state index in [0.29, 0.717) is 10.2 Å². The van der Waals surface area contributed by atoms with Crippen molar-refractivity contribution in [2.24, 2.45) is 5.10 Å². The molecule has 1 heterocycles. The first-order chi connectivity index (χ1) is 12.9. The summed E-state index contributed by atoms with van der Waals surface area (Å²) >= 11 is 7.48. The number of hydrogen-bond acceptors (Lipinski definition) is 6. The van der Waals surface area contributed by atoms with E-state index in [1.807, 2.05) is 23.6 Å². The standard InChI is InChI=1S/C18H17ClN4O2S2/c1-23(2)27(24,25)15-9-7-13(8-10-15)17-12-26-18(21-17)22-20-11-14-5-3-4-6-16(14)19/h3-12H,1-2H3,(H,21,22)/b20-11+. The Balaban J connectivity index is 1.71. The molecular formula is C18H17ClN4O2S2. The van der Waals surface area contributed by atoms with Crippen LogP contribution in [0.3, 0.4) is 0 Å². The Hall–Kier alpha value is -2.26. The molecule has 0 bridgehead atoms. The maximum atomic E-state index is 12.1. The number of halogens is 1. The van der Waals surface area contributed by atoms with Gasteiger partial charge in [0.05, 0.1) is 16.8 Å². The van der Waals surface area contributed by atoms with Crippen LogP contribution in [0.5, 0.6) is 0 Å². The second-order valence-electron chi connectivity index (χ2n) is 5.74. The number of sulfonamides is 1. The summed E-state index contributed by atoms with van der Waals surface area (Å²) in [5.74, 6) is 0. The van der Waals surface area contributed by atoms with Crippen LogP contribution < -0.4 is 5.43 Å². The van der Waals surface area contributed by atoms with Gasteiger partial charge in [0.1, 0.15) is 0 Å². The summed E-state index contributed by atoms with van der Waals surface area (Å²) in [5.41, 5.74) is 5.25. The minimum Gasteiger partial charge on any atom is -0.253 e. The van der Waals surface area contributed by atoms with E-state index in [2.05, 4.69) is 15.5 Å². The molecule has 1 aromatic heterocycles. The molecule has 9 heteroatoms. The van der Waals surface area contributed by atoms with Crippen LogP contribution in [-0.2, 0) is 10.0 Å². The van der Waals surface area contributed by atoms with Gasteiger partial charge in [0.15, 0.2) is 0 Å². The average molecular weight is 421 g/mol. The van der Waals surface area contributed by atoms with Crippen LogP contribution in [-0.4, -0.2) is 38.0 Å². The number of hydrazone groups is 1. The van der Waals surface area contributed by atoms with Gasteiger partial charge in [0.25, 0.3) is 0 Å². The van der Waals surface area contributed by atoms with Gasteiger partial charge in [-0.1, -0.05) is 41.9 Å². The van der Waals surface area contributed by atoms with E-state index in [9.17, 15) is 8.42 Å². The lowest BCUT2D eigenvalue weighted by Crippen LogP contribution is -2.22. The number of thiazole rings is 1. The van der Waals surface area contributed by atoms with Crippen molar-refractivity contribution < 1.29 is 8.42 Å². The largest absolute Gasteiger partial charge is 0.253 e. The molecular weight excluding hydrogens is 404 g/mol. The number of nitrogens with one attached hydrogen (secondary N) is 1. The highest BCUT2D eigenvalue weighted by Gasteiger charge is 2.17. The fourth-order valence-electron chi connectivity index (χ4n) is 2.20. The molecule has 0 fully saturated rings. The molecule has 1 N–H and O–H groups in total. The SMILES string of the molecule is CN(C)S(=O)(=O)c1ccc(-c2csc(N/N=C/c3ccccc3Cl)n2)cc1. The van der Waals surface area contributed by atoms with Crippen LogP contribution in [0.25, 0.3) is 11.3 Å². The van der Waals surface area contributed by atoms with E-state index in [1.165, 1.54) is 29.7 Å². The maximum absolute atomic E-state index is 12.1. The number of rotatable bonds is 6. The Labute approximate surface area is 167 Å². The molecule has 0 saturated heterocycles. The number of nitrogens with zero attached hydrogens (tertiary/aromatic N) is 3. The fourth-order valence-corrected chi connectivity index (χ4v) is 3.96. The van der Waals surface area contributed by atoms with Gasteiger partial charge in [-0.05, 0) is 18.2 Å². The first kappa shape index (κ1) is 19.5. The van der Waals surface area contributed by atoms with Crippen molar-refractivity contribution in [2.75, 3.05) is 19.5 Å². The van der Waals surface area contributed by atoms with Crippen molar-refractivity contribution in [1.82, 2.24) is 9.29 Å². The third-order valence-corrected chi connectivity index (χ3v) is 6.62. The van der Waals surface area contributed by atoms with Gasteiger partial charge in [0.2, 0.25) is 15.2 Å². The molecule has 0 radical (unpaired) electrons. The molecule has 3 rings (SSSR count). The Morgan fingerprint density at radius 3 is 2.52 bits per heavy atom. The van der Waals surface area contributed by atoms with Gasteiger partial charge in [-0.3, -0.25) is 5.43 Å². The van der Waals surface area contributed by atoms with Crippen LogP contribution in [0.2, 0.25) is 5.02 Å². The summed E-state index contributed by atoms with van der Waals surface area (Å²) in [4.78, 5) is 4.71. The van der Waals surface area contributed by atoms with Crippen LogP contribution in [0.15, 0.2) is 63.9 Å². The zero-order valence-corrected chi connectivity index (χ0v) is 17.0. The molecule has 0 spiro atoms. The van der Waals surface area contributed by atoms with Crippen LogP contribution >= 0.6 is 22.9 Å². The highest BCUT2D eigenvalue weighted by molar-refractivity contribution is 7.89. The van der Waals surface area contributed by atoms with Crippen LogP contribution in [0.1, 0.15) is 5.56 Å². The number of aromatic nitrogens is 1. The van der Waals surface area contributed by atoms with E-state index >= 15 is 0 Å². The molecule has 0 saturated carbocycles. The molecule has 2 aromatic carbocycles. The summed E-state index contributed by atoms with van der Waals surface area (Å²) in [6.07, 6.45) is 1.63. The van der Waals surface area contributed by atoms with Crippen molar-refractivity contribution in [1.29, 1.82) is 0 Å². The summed E-state index contributed by atoms with van der Waals surface area (Å²) in [7, 11) is -0.430. The predicted molar refractivity (Wildman–Crippen MR) is 111 cm³/mol. The second-order valence-corrected chi connectivity index (χ2v) is 9.16. The Morgan fingerprint density at radius 1 is 1.15 bits per heavy atom. The lowest BCUT2D eigenvalue weighted by atomic mass is 10.2. The number of benzene rings is 2. The highest BCUT2D eigenvalue weighted by Crippen LogP contribution is 2.26. The van der Waals surface area contributed by atoms with Crippen LogP contribution in [0, 0.1) is 0 Å². The van der Waals surface area contributed by atoms with Crippen molar-refractivity contribution in [3.63, 3.8) is 0 Å². The number of anilines is 1. The third-order valence-electron chi connectivity index (χ3n) is 3.70. The van der Waals surface area contributed by atoms with Gasteiger partial charge < -0.3 is 0 Å². The summed E-state index contributed by atoms with van der Waals surface area (Å²) in [5, 5.41) is 7.27. The molecule has 0 atom stereocenters. The smallest absolute Gasteiger partial charge is 0.242 e. The molecule has 27 heavy (non-hydrogen) atoms. The molecule has 3 aromatic rings. The predicted octanol–water partition coefficient (Wildman–Crippen LogP) is 4.16. The van der Waals surface area contributed by atoms with E-state index < -0.39 is 10.0 Å². The normalized spacial score (nSPS) is 12.0. The highest BCUT2D eigenvalue weighted by atomic mass is 35.5. The second kappa shape index (κ2) is 8.18. The molecule has 6 nitrogen and oxygen atoms in total. The van der Waals surface area contributed by atoms with Gasteiger partial charge in [0, 0.05) is 35.6 Å². The Kier molecular flexibility index (Phi) is 5.91. The first-order valence-corrected chi connectivity index (χ1v) is 10.6. The monoisotopic (exact) mass is 420 g/mol. The van der Waals surface area contributed by atoms with Crippen molar-refractivity contribution in [3.05, 3.63) is 64.5 Å². The van der Waals surface area contributed by atoms with Crippen molar-refractivity contribution in [3.8, 4) is 11.3 Å². The topological polar surface area (TPSA) is 74.7 Å². The molecule has 0 aliphatic rings. The molecule has 0 aliphatic carbocycles. The van der Waals surface area contributed by atoms with E-state index in [1.54, 1.807) is 36.5 Å². The summed E-state index contributed by atoms with van der Waals surface area (Å²) in [6, 6.07) is 14.0. The van der Waals surface area contributed by atoms with E-state index in [4.69, 9.17) is 11.6 Å². The molecule has 140 valence electrons. The average Bonchev–Trinajstić information content (AvgIpc) is 3.12. The van der Waals surface area contributed by atoms with Gasteiger partial charge >= 0.3 is 0 Å². The summed E-state index contributed by atoms with van der Waals surface area (Å²) < 4.78 is 25.4. The zero-order valence-electron chi connectivity index (χ0n) is 14.6. The molecule has 0 amide bonds. The maximum Gasteiger partial charge on any atom is 0.242 e. The van der Waals surface area contributed by atoms with Gasteiger partial charge in [-0.2, -0.15) is 5.10 Å². The molecule has 0 unspecified atom stereocenters. The van der Waals surface area contributed by atoms with Crippen molar-refractivity contribution >= 4 is 44.3 Å². The fraction of sp³-hybridized carbons (Fsp3) is 0.111. The first-order valence-electron chi connectivity index (χ1n) is 7.90. The number of hydrogen-bond donors (Lipinski definition) is 1. The lowest BCUT2D eigenvalue weighted by molar-refractivity contribution is 0.521. The van der Waals surface area contributed by atoms with Crippen molar-refractivity contribution in [2.45, 2.75) is 4.90 Å². The lowest BCUT2D eigenvalue weighted by Gasteiger charge is -2.11. The van der Waals surface area contributed by atoms with Gasteiger partial charge in [-0.25, -0.2) is 17.7 Å². The summed E-state index contributed by atoms with van der Waals surface area (Å²) in [6.45, 7) is 0. The third kappa shape index (κ3) is 4.54. The quantitative estimate of drug-likeness (QED) is 0.480. The Morgan fingerprint density at radius 2 is 1.85 bits per heavy atom. The van der Waals surface area contributed by atoms with Crippen LogP contribution in [0.4, 0.5) is 5.13 Å². The minimum atomic E-state index is -3.44. The van der Waals surface area contributed by atoms with E-state index in [-0.39, 0.29) is 4.90 Å². The van der Waals surface area contributed by atoms with E-state index in [0.717, 1.165) is 16.8 Å². The Bertz CT molecular complexity index is 1060.